The van der Waals surface area contributed by atoms with E-state index in [-0.39, 0.29) is 21.7 Å². The molecule has 0 amide bonds. The molecule has 10 heteroatoms. The van der Waals surface area contributed by atoms with E-state index >= 15 is 4.39 Å². The Bertz CT molecular complexity index is 1590. The van der Waals surface area contributed by atoms with E-state index < -0.39 is 11.5 Å². The van der Waals surface area contributed by atoms with Crippen LogP contribution in [-0.4, -0.2) is 35.1 Å². The predicted molar refractivity (Wildman–Crippen MR) is 134 cm³/mol. The number of nitrogens with two attached hydrogens (primary N) is 1. The molecule has 172 valence electrons. The number of hydrogen-bond donors (Lipinski definition) is 3. The van der Waals surface area contributed by atoms with Crippen molar-refractivity contribution < 1.29 is 4.39 Å². The molecule has 2 aliphatic heterocycles. The number of benzene rings is 2. The molecule has 2 aromatic heterocycles. The van der Waals surface area contributed by atoms with E-state index in [9.17, 15) is 10.1 Å². The van der Waals surface area contributed by atoms with E-state index in [0.717, 1.165) is 22.4 Å². The number of nitrogen functional groups attached to an aromatic ring is 1. The highest BCUT2D eigenvalue weighted by molar-refractivity contribution is 7.19. The third-order valence-electron chi connectivity index (χ3n) is 6.84. The molecule has 0 radical (unpaired) electrons. The lowest BCUT2D eigenvalue weighted by Gasteiger charge is -2.34. The first-order chi connectivity index (χ1) is 16.4. The monoisotopic (exact) mass is 494 g/mol. The third kappa shape index (κ3) is 3.10. The summed E-state index contributed by atoms with van der Waals surface area (Å²) in [6.07, 6.45) is 2.13. The molecule has 0 aliphatic carbocycles. The average molecular weight is 495 g/mol. The minimum atomic E-state index is -0.643. The zero-order chi connectivity index (χ0) is 23.7. The van der Waals surface area contributed by atoms with Gasteiger partial charge in [-0.15, -0.1) is 11.3 Å². The molecule has 2 aromatic carbocycles. The van der Waals surface area contributed by atoms with Gasteiger partial charge in [0.25, 0.3) is 0 Å². The quantitative estimate of drug-likeness (QED) is 0.358. The van der Waals surface area contributed by atoms with Crippen molar-refractivity contribution in [1.29, 1.82) is 5.26 Å². The molecule has 6 rings (SSSR count). The highest BCUT2D eigenvalue weighted by Crippen LogP contribution is 2.46. The normalized spacial score (nSPS) is 19.8. The van der Waals surface area contributed by atoms with E-state index in [0.29, 0.717) is 53.0 Å². The van der Waals surface area contributed by atoms with Gasteiger partial charge in [0.05, 0.1) is 21.8 Å². The van der Waals surface area contributed by atoms with Crippen LogP contribution in [0.2, 0.25) is 5.02 Å². The van der Waals surface area contributed by atoms with Crippen molar-refractivity contribution in [2.45, 2.75) is 31.8 Å². The summed E-state index contributed by atoms with van der Waals surface area (Å²) in [5.74, 6) is -0.200. The molecular weight excluding hydrogens is 475 g/mol. The molecule has 0 saturated carbocycles. The number of fused-ring (bicyclic) bond motifs is 4. The number of H-pyrrole nitrogens is 1. The van der Waals surface area contributed by atoms with Crippen LogP contribution < -0.4 is 21.6 Å². The summed E-state index contributed by atoms with van der Waals surface area (Å²) in [6.45, 7) is 3.25. The highest BCUT2D eigenvalue weighted by Gasteiger charge is 2.34. The molecule has 2 atom stereocenters. The Morgan fingerprint density at radius 2 is 2.03 bits per heavy atom. The summed E-state index contributed by atoms with van der Waals surface area (Å²) in [6, 6.07) is 7.96. The van der Waals surface area contributed by atoms with Gasteiger partial charge < -0.3 is 20.9 Å². The molecule has 7 nitrogen and oxygen atoms in total. The van der Waals surface area contributed by atoms with Gasteiger partial charge in [0, 0.05) is 56.6 Å². The van der Waals surface area contributed by atoms with Crippen LogP contribution in [0.25, 0.3) is 32.1 Å². The van der Waals surface area contributed by atoms with Gasteiger partial charge in [0.2, 0.25) is 0 Å². The van der Waals surface area contributed by atoms with Crippen molar-refractivity contribution in [3.63, 3.8) is 0 Å². The maximum atomic E-state index is 16.2. The highest BCUT2D eigenvalue weighted by atomic mass is 35.5. The third-order valence-corrected chi connectivity index (χ3v) is 8.21. The van der Waals surface area contributed by atoms with Crippen LogP contribution in [0.3, 0.4) is 0 Å². The summed E-state index contributed by atoms with van der Waals surface area (Å²) in [5, 5.41) is 14.5. The number of nitrogens with zero attached hydrogens (tertiary/aromatic N) is 3. The number of anilines is 2. The van der Waals surface area contributed by atoms with Crippen molar-refractivity contribution in [1.82, 2.24) is 15.3 Å². The fraction of sp³-hybridized carbons (Fsp3) is 0.292. The smallest absolute Gasteiger partial charge is 0.347 e. The van der Waals surface area contributed by atoms with Gasteiger partial charge in [-0.05, 0) is 38.0 Å². The van der Waals surface area contributed by atoms with Gasteiger partial charge in [-0.3, -0.25) is 0 Å². The lowest BCUT2D eigenvalue weighted by atomic mass is 9.96. The molecule has 4 N–H and O–H groups in total. The van der Waals surface area contributed by atoms with Crippen molar-refractivity contribution in [3.8, 4) is 17.2 Å². The fourth-order valence-electron chi connectivity index (χ4n) is 5.40. The van der Waals surface area contributed by atoms with E-state index in [1.165, 1.54) is 11.3 Å². The molecule has 2 aliphatic rings. The summed E-state index contributed by atoms with van der Waals surface area (Å²) in [4.78, 5) is 22.2. The number of piperazine rings is 1. The van der Waals surface area contributed by atoms with Crippen LogP contribution in [0.5, 0.6) is 0 Å². The number of thiophene rings is 1. The largest absolute Gasteiger partial charge is 0.398 e. The predicted octanol–water partition coefficient (Wildman–Crippen LogP) is 4.30. The molecule has 2 bridgehead atoms. The maximum Gasteiger partial charge on any atom is 0.347 e. The van der Waals surface area contributed by atoms with E-state index in [2.05, 4.69) is 21.4 Å². The molecule has 4 aromatic rings. The van der Waals surface area contributed by atoms with Crippen LogP contribution in [0.4, 0.5) is 15.9 Å². The van der Waals surface area contributed by atoms with Crippen LogP contribution in [0, 0.1) is 24.1 Å². The first-order valence-corrected chi connectivity index (χ1v) is 12.2. The van der Waals surface area contributed by atoms with Gasteiger partial charge in [0.1, 0.15) is 11.9 Å². The second kappa shape index (κ2) is 7.67. The Morgan fingerprint density at radius 3 is 2.74 bits per heavy atom. The van der Waals surface area contributed by atoms with Crippen LogP contribution in [-0.2, 0) is 0 Å². The average Bonchev–Trinajstić information content (AvgIpc) is 3.32. The standard InChI is InChI=1S/C24H20ClFN6OS/c1-10-18(19-14(7-27)16(28)4-5-17(19)34-10)20-15(25)6-13-22(21(20)26)30-24(33)31-23(13)32-8-11-2-3-12(9-32)29-11/h4-6,11-12,29H,2-3,8-9,28H2,1H3,(H,30,31,33). The Balaban J connectivity index is 1.62. The molecule has 4 heterocycles. The number of aromatic nitrogens is 2. The lowest BCUT2D eigenvalue weighted by molar-refractivity contribution is 0.464. The van der Waals surface area contributed by atoms with Crippen molar-refractivity contribution in [2.75, 3.05) is 23.7 Å². The van der Waals surface area contributed by atoms with Gasteiger partial charge >= 0.3 is 5.69 Å². The summed E-state index contributed by atoms with van der Waals surface area (Å²) >= 11 is 8.17. The minimum absolute atomic E-state index is 0.0569. The topological polar surface area (TPSA) is 111 Å². The maximum absolute atomic E-state index is 16.2. The summed E-state index contributed by atoms with van der Waals surface area (Å²) < 4.78 is 17.0. The van der Waals surface area contributed by atoms with Crippen LogP contribution >= 0.6 is 22.9 Å². The Hall–Kier alpha value is -3.19. The molecular formula is C24H20ClFN6OS. The van der Waals surface area contributed by atoms with Crippen molar-refractivity contribution in [2.24, 2.45) is 0 Å². The molecule has 34 heavy (non-hydrogen) atoms. The van der Waals surface area contributed by atoms with E-state index in [1.807, 2.05) is 17.9 Å². The first kappa shape index (κ1) is 21.4. The number of nitrogens with one attached hydrogen (secondary N) is 2. The molecule has 0 spiro atoms. The van der Waals surface area contributed by atoms with Gasteiger partial charge in [0.15, 0.2) is 5.82 Å². The number of aromatic amines is 1. The first-order valence-electron chi connectivity index (χ1n) is 11.0. The van der Waals surface area contributed by atoms with Crippen LogP contribution in [0.15, 0.2) is 23.0 Å². The van der Waals surface area contributed by atoms with Gasteiger partial charge in [-0.1, -0.05) is 11.6 Å². The molecule has 2 fully saturated rings. The zero-order valence-corrected chi connectivity index (χ0v) is 19.8. The second-order valence-electron chi connectivity index (χ2n) is 8.93. The molecule has 2 saturated heterocycles. The van der Waals surface area contributed by atoms with Gasteiger partial charge in [-0.2, -0.15) is 10.2 Å². The minimum Gasteiger partial charge on any atom is -0.398 e. The van der Waals surface area contributed by atoms with Crippen molar-refractivity contribution >= 4 is 55.4 Å². The van der Waals surface area contributed by atoms with E-state index in [4.69, 9.17) is 17.3 Å². The Morgan fingerprint density at radius 1 is 1.29 bits per heavy atom. The van der Waals surface area contributed by atoms with Gasteiger partial charge in [-0.25, -0.2) is 9.18 Å². The number of halogens is 2. The summed E-state index contributed by atoms with van der Waals surface area (Å²) in [5.41, 5.74) is 6.77. The summed E-state index contributed by atoms with van der Waals surface area (Å²) in [7, 11) is 0. The SMILES string of the molecule is Cc1sc2ccc(N)c(C#N)c2c1-c1c(Cl)cc2c(N3CC4CCC(C3)N4)nc(=O)[nH]c2c1F. The fourth-order valence-corrected chi connectivity index (χ4v) is 6.76. The van der Waals surface area contributed by atoms with E-state index in [1.54, 1.807) is 12.1 Å². The Labute approximate surface area is 203 Å². The van der Waals surface area contributed by atoms with Crippen LogP contribution in [0.1, 0.15) is 23.3 Å². The Kier molecular flexibility index (Phi) is 4.81. The second-order valence-corrected chi connectivity index (χ2v) is 10.6. The molecule has 2 unspecified atom stereocenters. The number of aryl methyl sites for hydroxylation is 1. The zero-order valence-electron chi connectivity index (χ0n) is 18.2. The number of rotatable bonds is 2. The number of nitriles is 1. The lowest BCUT2D eigenvalue weighted by Crippen LogP contribution is -2.51. The number of hydrogen-bond acceptors (Lipinski definition) is 7. The van der Waals surface area contributed by atoms with Crippen molar-refractivity contribution in [3.05, 3.63) is 50.0 Å².